The molecule has 2 atom stereocenters. The van der Waals surface area contributed by atoms with Crippen molar-refractivity contribution in [2.75, 3.05) is 0 Å². The summed E-state index contributed by atoms with van der Waals surface area (Å²) in [6, 6.07) is 0. The third-order valence-corrected chi connectivity index (χ3v) is 3.13. The van der Waals surface area contributed by atoms with E-state index in [0.717, 1.165) is 11.8 Å². The molecule has 0 radical (unpaired) electrons. The van der Waals surface area contributed by atoms with Crippen LogP contribution in [0, 0.1) is 11.8 Å². The average molecular weight is 174 g/mol. The van der Waals surface area contributed by atoms with Crippen molar-refractivity contribution in [3.05, 3.63) is 36.0 Å². The summed E-state index contributed by atoms with van der Waals surface area (Å²) >= 11 is 0. The van der Waals surface area contributed by atoms with E-state index in [-0.39, 0.29) is 0 Å². The van der Waals surface area contributed by atoms with Crippen molar-refractivity contribution in [3.63, 3.8) is 0 Å². The number of rotatable bonds is 1. The zero-order valence-corrected chi connectivity index (χ0v) is 8.37. The van der Waals surface area contributed by atoms with Gasteiger partial charge in [0.2, 0.25) is 0 Å². The van der Waals surface area contributed by atoms with Crippen LogP contribution in [0.4, 0.5) is 0 Å². The smallest absolute Gasteiger partial charge is 0.00197 e. The van der Waals surface area contributed by atoms with E-state index in [0.29, 0.717) is 0 Å². The molecular weight excluding hydrogens is 156 g/mol. The highest BCUT2D eigenvalue weighted by molar-refractivity contribution is 5.24. The molecule has 0 bridgehead atoms. The van der Waals surface area contributed by atoms with Gasteiger partial charge in [-0.25, -0.2) is 0 Å². The van der Waals surface area contributed by atoms with E-state index in [4.69, 9.17) is 0 Å². The van der Waals surface area contributed by atoms with Crippen LogP contribution in [0.2, 0.25) is 0 Å². The van der Waals surface area contributed by atoms with Gasteiger partial charge in [-0.1, -0.05) is 42.9 Å². The molecule has 0 spiro atoms. The summed E-state index contributed by atoms with van der Waals surface area (Å²) in [6.45, 7) is 2.31. The Morgan fingerprint density at radius 3 is 2.77 bits per heavy atom. The molecule has 2 aliphatic carbocycles. The minimum atomic E-state index is 0.751. The van der Waals surface area contributed by atoms with Crippen LogP contribution in [0.15, 0.2) is 36.0 Å². The SMILES string of the molecule is CC1C=CC(C2=CC=CCC2)CC1. The Labute approximate surface area is 81.0 Å². The molecule has 0 aromatic rings. The van der Waals surface area contributed by atoms with E-state index in [1.807, 2.05) is 0 Å². The lowest BCUT2D eigenvalue weighted by Crippen LogP contribution is -2.09. The predicted molar refractivity (Wildman–Crippen MR) is 57.5 cm³/mol. The molecule has 0 amide bonds. The van der Waals surface area contributed by atoms with Gasteiger partial charge in [0.25, 0.3) is 0 Å². The van der Waals surface area contributed by atoms with E-state index in [9.17, 15) is 0 Å². The third kappa shape index (κ3) is 2.12. The molecule has 0 aromatic heterocycles. The molecule has 0 heterocycles. The van der Waals surface area contributed by atoms with Crippen LogP contribution in [-0.4, -0.2) is 0 Å². The van der Waals surface area contributed by atoms with Crippen LogP contribution < -0.4 is 0 Å². The van der Waals surface area contributed by atoms with Crippen LogP contribution in [-0.2, 0) is 0 Å². The van der Waals surface area contributed by atoms with Crippen molar-refractivity contribution in [3.8, 4) is 0 Å². The van der Waals surface area contributed by atoms with Gasteiger partial charge < -0.3 is 0 Å². The second kappa shape index (κ2) is 3.95. The first kappa shape index (κ1) is 8.80. The first-order valence-corrected chi connectivity index (χ1v) is 5.40. The zero-order chi connectivity index (χ0) is 9.10. The van der Waals surface area contributed by atoms with Gasteiger partial charge in [0, 0.05) is 0 Å². The van der Waals surface area contributed by atoms with Gasteiger partial charge in [-0.05, 0) is 37.5 Å². The van der Waals surface area contributed by atoms with Gasteiger partial charge in [0.05, 0.1) is 0 Å². The van der Waals surface area contributed by atoms with Crippen LogP contribution in [0.1, 0.15) is 32.6 Å². The second-order valence-corrected chi connectivity index (χ2v) is 4.25. The lowest BCUT2D eigenvalue weighted by atomic mass is 9.82. The van der Waals surface area contributed by atoms with Crippen LogP contribution >= 0.6 is 0 Å². The largest absolute Gasteiger partial charge is 0.0851 e. The summed E-state index contributed by atoms with van der Waals surface area (Å²) in [5.41, 5.74) is 1.64. The van der Waals surface area contributed by atoms with E-state index in [2.05, 4.69) is 37.3 Å². The summed E-state index contributed by atoms with van der Waals surface area (Å²) in [7, 11) is 0. The van der Waals surface area contributed by atoms with Crippen molar-refractivity contribution in [2.45, 2.75) is 32.6 Å². The van der Waals surface area contributed by atoms with Crippen molar-refractivity contribution < 1.29 is 0 Å². The summed E-state index contributed by atoms with van der Waals surface area (Å²) in [6.07, 6.45) is 16.8. The highest BCUT2D eigenvalue weighted by Gasteiger charge is 2.16. The van der Waals surface area contributed by atoms with Crippen LogP contribution in [0.3, 0.4) is 0 Å². The van der Waals surface area contributed by atoms with Crippen LogP contribution in [0.5, 0.6) is 0 Å². The fraction of sp³-hybridized carbons (Fsp3) is 0.538. The first-order chi connectivity index (χ1) is 6.36. The third-order valence-electron chi connectivity index (χ3n) is 3.13. The van der Waals surface area contributed by atoms with Crippen molar-refractivity contribution in [1.82, 2.24) is 0 Å². The molecule has 0 saturated carbocycles. The lowest BCUT2D eigenvalue weighted by molar-refractivity contribution is 0.506. The fourth-order valence-corrected chi connectivity index (χ4v) is 2.20. The molecule has 2 rings (SSSR count). The lowest BCUT2D eigenvalue weighted by Gasteiger charge is -2.23. The van der Waals surface area contributed by atoms with E-state index >= 15 is 0 Å². The molecule has 2 aliphatic rings. The highest BCUT2D eigenvalue weighted by Crippen LogP contribution is 2.30. The molecule has 0 aromatic carbocycles. The maximum Gasteiger partial charge on any atom is -0.00197 e. The maximum atomic E-state index is 2.42. The minimum absolute atomic E-state index is 0.751. The van der Waals surface area contributed by atoms with Gasteiger partial charge in [-0.2, -0.15) is 0 Å². The zero-order valence-electron chi connectivity index (χ0n) is 8.37. The molecule has 13 heavy (non-hydrogen) atoms. The molecule has 0 heteroatoms. The van der Waals surface area contributed by atoms with Crippen molar-refractivity contribution >= 4 is 0 Å². The molecule has 2 unspecified atom stereocenters. The molecule has 70 valence electrons. The first-order valence-electron chi connectivity index (χ1n) is 5.40. The monoisotopic (exact) mass is 174 g/mol. The standard InChI is InChI=1S/C13H18/c1-11-7-9-13(10-8-11)12-5-3-2-4-6-12/h2-3,5,7,9,11,13H,4,6,8,10H2,1H3. The van der Waals surface area contributed by atoms with Gasteiger partial charge >= 0.3 is 0 Å². The average Bonchev–Trinajstić information content (AvgIpc) is 2.20. The predicted octanol–water partition coefficient (Wildman–Crippen LogP) is 3.87. The van der Waals surface area contributed by atoms with Gasteiger partial charge in [-0.3, -0.25) is 0 Å². The van der Waals surface area contributed by atoms with Crippen molar-refractivity contribution in [1.29, 1.82) is 0 Å². The number of hydrogen-bond donors (Lipinski definition) is 0. The van der Waals surface area contributed by atoms with E-state index < -0.39 is 0 Å². The van der Waals surface area contributed by atoms with E-state index in [1.165, 1.54) is 25.7 Å². The minimum Gasteiger partial charge on any atom is -0.0851 e. The fourth-order valence-electron chi connectivity index (χ4n) is 2.20. The summed E-state index contributed by atoms with van der Waals surface area (Å²) in [5, 5.41) is 0. The van der Waals surface area contributed by atoms with Gasteiger partial charge in [0.1, 0.15) is 0 Å². The van der Waals surface area contributed by atoms with Crippen LogP contribution in [0.25, 0.3) is 0 Å². The topological polar surface area (TPSA) is 0 Å². The Balaban J connectivity index is 2.05. The summed E-state index contributed by atoms with van der Waals surface area (Å²) in [4.78, 5) is 0. The molecule has 0 nitrogen and oxygen atoms in total. The molecule has 0 saturated heterocycles. The van der Waals surface area contributed by atoms with E-state index in [1.54, 1.807) is 5.57 Å². The molecule has 0 N–H and O–H groups in total. The van der Waals surface area contributed by atoms with Crippen molar-refractivity contribution in [2.24, 2.45) is 11.8 Å². The summed E-state index contributed by atoms with van der Waals surface area (Å²) < 4.78 is 0. The molecular formula is C13H18. The maximum absolute atomic E-state index is 2.42. The van der Waals surface area contributed by atoms with Gasteiger partial charge in [0.15, 0.2) is 0 Å². The second-order valence-electron chi connectivity index (χ2n) is 4.25. The van der Waals surface area contributed by atoms with Gasteiger partial charge in [-0.15, -0.1) is 0 Å². The number of allylic oxidation sites excluding steroid dienone is 6. The molecule has 0 aliphatic heterocycles. The normalized spacial score (nSPS) is 33.2. The quantitative estimate of drug-likeness (QED) is 0.529. The molecule has 0 fully saturated rings. The highest BCUT2D eigenvalue weighted by atomic mass is 14.2. The Bertz CT molecular complexity index is 255. The Morgan fingerprint density at radius 2 is 2.15 bits per heavy atom. The summed E-state index contributed by atoms with van der Waals surface area (Å²) in [5.74, 6) is 1.55. The Kier molecular flexibility index (Phi) is 2.68. The number of hydrogen-bond acceptors (Lipinski definition) is 0. The Hall–Kier alpha value is -0.780. The Morgan fingerprint density at radius 1 is 1.23 bits per heavy atom.